The molecule has 0 bridgehead atoms. The van der Waals surface area contributed by atoms with Gasteiger partial charge in [0.15, 0.2) is 5.65 Å². The number of ether oxygens (including phenoxy) is 1. The molecule has 0 aliphatic rings. The van der Waals surface area contributed by atoms with Gasteiger partial charge in [0, 0.05) is 23.0 Å². The maximum absolute atomic E-state index is 13.7. The van der Waals surface area contributed by atoms with Crippen LogP contribution in [0.2, 0.25) is 0 Å². The number of esters is 1. The molecule has 0 saturated carbocycles. The number of carbonyl (C=O) groups excluding carboxylic acids is 1. The fraction of sp³-hybridized carbons (Fsp3) is 0.250. The Morgan fingerprint density at radius 3 is 2.63 bits per heavy atom. The van der Waals surface area contributed by atoms with Gasteiger partial charge >= 0.3 is 5.97 Å². The van der Waals surface area contributed by atoms with E-state index < -0.39 is 5.97 Å². The van der Waals surface area contributed by atoms with Crippen LogP contribution < -0.4 is 5.32 Å². The van der Waals surface area contributed by atoms with Crippen LogP contribution in [-0.2, 0) is 4.74 Å². The number of pyridine rings is 2. The Morgan fingerprint density at radius 1 is 1.19 bits per heavy atom. The zero-order valence-electron chi connectivity index (χ0n) is 15.5. The molecule has 2 heterocycles. The van der Waals surface area contributed by atoms with E-state index in [1.54, 1.807) is 19.9 Å². The quantitative estimate of drug-likeness (QED) is 0.627. The lowest BCUT2D eigenvalue weighted by Gasteiger charge is -2.16. The number of halogens is 2. The minimum Gasteiger partial charge on any atom is -0.459 e. The van der Waals surface area contributed by atoms with Crippen molar-refractivity contribution in [1.82, 2.24) is 9.97 Å². The topological polar surface area (TPSA) is 64.1 Å². The summed E-state index contributed by atoms with van der Waals surface area (Å²) in [5, 5.41) is 3.84. The van der Waals surface area contributed by atoms with Gasteiger partial charge in [-0.3, -0.25) is 0 Å². The number of carbonyl (C=O) groups is 1. The van der Waals surface area contributed by atoms with E-state index in [4.69, 9.17) is 4.74 Å². The van der Waals surface area contributed by atoms with Gasteiger partial charge in [0.2, 0.25) is 0 Å². The van der Waals surface area contributed by atoms with Crippen molar-refractivity contribution in [2.45, 2.75) is 33.8 Å². The summed E-state index contributed by atoms with van der Waals surface area (Å²) in [5.74, 6) is -0.858. The van der Waals surface area contributed by atoms with Gasteiger partial charge in [-0.1, -0.05) is 6.07 Å². The maximum Gasteiger partial charge on any atom is 0.342 e. The normalized spacial score (nSPS) is 10.6. The summed E-state index contributed by atoms with van der Waals surface area (Å²) in [6, 6.07) is 8.14. The number of rotatable bonds is 4. The number of hydrogen-bond acceptors (Lipinski definition) is 5. The average Bonchev–Trinajstić information content (AvgIpc) is 2.57. The van der Waals surface area contributed by atoms with Gasteiger partial charge in [-0.2, -0.15) is 0 Å². The summed E-state index contributed by atoms with van der Waals surface area (Å²) in [7, 11) is 0. The van der Waals surface area contributed by atoms with Crippen LogP contribution in [0.4, 0.5) is 15.8 Å². The second kappa shape index (κ2) is 8.31. The highest BCUT2D eigenvalue weighted by Crippen LogP contribution is 2.31. The van der Waals surface area contributed by atoms with Crippen molar-refractivity contribution in [1.29, 1.82) is 0 Å². The fourth-order valence-corrected chi connectivity index (χ4v) is 2.60. The molecular formula is C20H21ClFN3O2. The van der Waals surface area contributed by atoms with Crippen molar-refractivity contribution in [3.63, 3.8) is 0 Å². The minimum atomic E-state index is -0.494. The molecule has 0 amide bonds. The molecule has 2 aromatic heterocycles. The highest BCUT2D eigenvalue weighted by atomic mass is 35.5. The van der Waals surface area contributed by atoms with E-state index in [2.05, 4.69) is 15.3 Å². The van der Waals surface area contributed by atoms with Crippen molar-refractivity contribution >= 4 is 40.8 Å². The van der Waals surface area contributed by atoms with Crippen LogP contribution in [0, 0.1) is 19.7 Å². The molecule has 142 valence electrons. The monoisotopic (exact) mass is 389 g/mol. The summed E-state index contributed by atoms with van der Waals surface area (Å²) < 4.78 is 19.0. The average molecular weight is 390 g/mol. The second-order valence-electron chi connectivity index (χ2n) is 6.41. The molecule has 0 fully saturated rings. The molecule has 27 heavy (non-hydrogen) atoms. The Morgan fingerprint density at radius 2 is 1.93 bits per heavy atom. The molecule has 0 aliphatic heterocycles. The minimum absolute atomic E-state index is 0. The van der Waals surface area contributed by atoms with Crippen LogP contribution in [0.15, 0.2) is 36.5 Å². The lowest BCUT2D eigenvalue weighted by Crippen LogP contribution is -2.14. The molecule has 0 saturated heterocycles. The molecule has 0 aliphatic carbocycles. The van der Waals surface area contributed by atoms with Gasteiger partial charge < -0.3 is 10.1 Å². The third-order valence-electron chi connectivity index (χ3n) is 3.89. The van der Waals surface area contributed by atoms with Gasteiger partial charge in [0.25, 0.3) is 0 Å². The smallest absolute Gasteiger partial charge is 0.342 e. The largest absolute Gasteiger partial charge is 0.459 e. The highest BCUT2D eigenvalue weighted by Gasteiger charge is 2.19. The summed E-state index contributed by atoms with van der Waals surface area (Å²) in [6.45, 7) is 7.29. The summed E-state index contributed by atoms with van der Waals surface area (Å²) in [4.78, 5) is 21.2. The molecule has 0 radical (unpaired) electrons. The molecule has 0 spiro atoms. The van der Waals surface area contributed by atoms with E-state index in [1.165, 1.54) is 18.3 Å². The molecule has 0 atom stereocenters. The number of nitrogens with zero attached hydrogens (tertiary/aromatic N) is 2. The predicted octanol–water partition coefficient (Wildman–Crippen LogP) is 5.12. The lowest BCUT2D eigenvalue weighted by molar-refractivity contribution is 0.0379. The number of hydrogen-bond donors (Lipinski definition) is 1. The van der Waals surface area contributed by atoms with E-state index in [0.29, 0.717) is 22.4 Å². The Labute approximate surface area is 163 Å². The number of aryl methyl sites for hydroxylation is 2. The van der Waals surface area contributed by atoms with Gasteiger partial charge in [0.05, 0.1) is 11.8 Å². The van der Waals surface area contributed by atoms with Crippen molar-refractivity contribution < 1.29 is 13.9 Å². The van der Waals surface area contributed by atoms with Crippen LogP contribution in [0.25, 0.3) is 11.0 Å². The van der Waals surface area contributed by atoms with Crippen LogP contribution in [-0.4, -0.2) is 22.0 Å². The van der Waals surface area contributed by atoms with Crippen molar-refractivity contribution in [3.8, 4) is 0 Å². The van der Waals surface area contributed by atoms with E-state index >= 15 is 0 Å². The van der Waals surface area contributed by atoms with Gasteiger partial charge in [0.1, 0.15) is 11.4 Å². The molecule has 5 nitrogen and oxygen atoms in total. The van der Waals surface area contributed by atoms with Crippen molar-refractivity contribution in [2.75, 3.05) is 5.32 Å². The van der Waals surface area contributed by atoms with E-state index in [-0.39, 0.29) is 29.9 Å². The second-order valence-corrected chi connectivity index (χ2v) is 6.41. The first-order valence-corrected chi connectivity index (χ1v) is 8.35. The van der Waals surface area contributed by atoms with Crippen LogP contribution in [0.5, 0.6) is 0 Å². The third kappa shape index (κ3) is 4.52. The summed E-state index contributed by atoms with van der Waals surface area (Å²) >= 11 is 0. The predicted molar refractivity (Wildman–Crippen MR) is 106 cm³/mol. The van der Waals surface area contributed by atoms with Gasteiger partial charge in [-0.15, -0.1) is 12.4 Å². The zero-order chi connectivity index (χ0) is 18.8. The highest BCUT2D eigenvalue weighted by molar-refractivity contribution is 6.05. The van der Waals surface area contributed by atoms with Gasteiger partial charge in [-0.05, 0) is 57.5 Å². The number of nitrogens with one attached hydrogen (secondary N) is 1. The number of benzene rings is 1. The van der Waals surface area contributed by atoms with Crippen LogP contribution >= 0.6 is 12.4 Å². The van der Waals surface area contributed by atoms with E-state index in [0.717, 1.165) is 11.3 Å². The third-order valence-corrected chi connectivity index (χ3v) is 3.89. The first-order chi connectivity index (χ1) is 12.3. The molecule has 3 rings (SSSR count). The molecule has 1 N–H and O–H groups in total. The summed E-state index contributed by atoms with van der Waals surface area (Å²) in [5.41, 5.74) is 3.51. The maximum atomic E-state index is 13.7. The van der Waals surface area contributed by atoms with Crippen LogP contribution in [0.1, 0.15) is 35.5 Å². The Hall–Kier alpha value is -2.73. The first kappa shape index (κ1) is 20.6. The number of anilines is 2. The van der Waals surface area contributed by atoms with Crippen molar-refractivity contribution in [3.05, 3.63) is 59.2 Å². The Bertz CT molecular complexity index is 992. The number of fused-ring (bicyclic) bond motifs is 1. The molecular weight excluding hydrogens is 369 g/mol. The zero-order valence-corrected chi connectivity index (χ0v) is 16.4. The molecule has 0 unspecified atom stereocenters. The van der Waals surface area contributed by atoms with E-state index in [9.17, 15) is 9.18 Å². The Kier molecular flexibility index (Phi) is 6.33. The number of aromatic nitrogens is 2. The fourth-order valence-electron chi connectivity index (χ4n) is 2.60. The van der Waals surface area contributed by atoms with E-state index in [1.807, 2.05) is 26.0 Å². The van der Waals surface area contributed by atoms with Crippen LogP contribution in [0.3, 0.4) is 0 Å². The van der Waals surface area contributed by atoms with Crippen molar-refractivity contribution in [2.24, 2.45) is 0 Å². The SMILES string of the molecule is Cc1ccc2c(Nc3cc(F)ccc3C)c(C(=O)OC(C)C)cnc2n1.Cl. The first-order valence-electron chi connectivity index (χ1n) is 8.35. The Balaban J connectivity index is 0.00000261. The summed E-state index contributed by atoms with van der Waals surface area (Å²) in [6.07, 6.45) is 1.18. The standard InChI is InChI=1S/C20H20FN3O2.ClH/c1-11(2)26-20(25)16-10-22-19-15(8-6-13(4)23-19)18(16)24-17-9-14(21)7-5-12(17)3;/h5-11H,1-4H3,(H,22,23,24);1H. The molecule has 7 heteroatoms. The molecule has 3 aromatic rings. The lowest BCUT2D eigenvalue weighted by atomic mass is 10.1. The molecule has 1 aromatic carbocycles. The van der Waals surface area contributed by atoms with Gasteiger partial charge in [-0.25, -0.2) is 19.2 Å².